The van der Waals surface area contributed by atoms with Gasteiger partial charge in [0.2, 0.25) is 0 Å². The van der Waals surface area contributed by atoms with Gasteiger partial charge in [-0.05, 0) is 23.5 Å². The molecule has 0 saturated carbocycles. The lowest BCUT2D eigenvalue weighted by molar-refractivity contribution is -0.152. The first-order valence-electron chi connectivity index (χ1n) is 7.04. The Bertz CT molecular complexity index is 473. The second kappa shape index (κ2) is 7.54. The minimum absolute atomic E-state index is 0.161. The van der Waals surface area contributed by atoms with Gasteiger partial charge in [-0.3, -0.25) is 0 Å². The number of esters is 1. The van der Waals surface area contributed by atoms with Gasteiger partial charge in [-0.1, -0.05) is 24.3 Å². The molecule has 1 aliphatic rings. The fraction of sp³-hybridized carbons (Fsp3) is 0.562. The average Bonchev–Trinajstić information content (AvgIpc) is 2.55. The molecule has 1 aliphatic heterocycles. The maximum absolute atomic E-state index is 11.7. The second-order valence-electron chi connectivity index (χ2n) is 5.07. The van der Waals surface area contributed by atoms with E-state index in [0.717, 1.165) is 18.4 Å². The minimum Gasteiger partial charge on any atom is -0.467 e. The van der Waals surface area contributed by atoms with Gasteiger partial charge >= 0.3 is 5.97 Å². The third-order valence-corrected chi connectivity index (χ3v) is 3.85. The average molecular weight is 294 g/mol. The zero-order valence-electron chi connectivity index (χ0n) is 12.7. The summed E-state index contributed by atoms with van der Waals surface area (Å²) in [6.45, 7) is 0.679. The fourth-order valence-electron chi connectivity index (χ4n) is 2.68. The van der Waals surface area contributed by atoms with Gasteiger partial charge in [-0.2, -0.15) is 0 Å². The zero-order chi connectivity index (χ0) is 15.2. The molecule has 0 spiro atoms. The molecular weight excluding hydrogens is 272 g/mol. The monoisotopic (exact) mass is 294 g/mol. The first kappa shape index (κ1) is 15.9. The number of carbonyl (C=O) groups is 1. The maximum Gasteiger partial charge on any atom is 0.339 e. The van der Waals surface area contributed by atoms with Crippen LogP contribution in [0.5, 0.6) is 0 Å². The lowest BCUT2D eigenvalue weighted by Crippen LogP contribution is -2.26. The number of hydrogen-bond donors (Lipinski definition) is 0. The van der Waals surface area contributed by atoms with Crippen molar-refractivity contribution in [3.8, 4) is 0 Å². The van der Waals surface area contributed by atoms with Crippen LogP contribution in [0, 0.1) is 0 Å². The molecule has 2 rings (SSSR count). The zero-order valence-corrected chi connectivity index (χ0v) is 12.7. The second-order valence-corrected chi connectivity index (χ2v) is 5.07. The highest BCUT2D eigenvalue weighted by molar-refractivity contribution is 5.76. The van der Waals surface area contributed by atoms with E-state index in [1.54, 1.807) is 7.11 Å². The Kier molecular flexibility index (Phi) is 5.73. The van der Waals surface area contributed by atoms with Crippen molar-refractivity contribution in [1.82, 2.24) is 0 Å². The van der Waals surface area contributed by atoms with E-state index in [1.807, 2.05) is 18.2 Å². The lowest BCUT2D eigenvalue weighted by Gasteiger charge is -2.29. The first-order chi connectivity index (χ1) is 10.2. The Morgan fingerprint density at radius 3 is 2.81 bits per heavy atom. The number of carbonyl (C=O) groups excluding carboxylic acids is 1. The largest absolute Gasteiger partial charge is 0.467 e. The fourth-order valence-corrected chi connectivity index (χ4v) is 2.68. The summed E-state index contributed by atoms with van der Waals surface area (Å²) in [6.07, 6.45) is 0.911. The number of hydrogen-bond acceptors (Lipinski definition) is 5. The van der Waals surface area contributed by atoms with Crippen molar-refractivity contribution in [2.75, 3.05) is 27.9 Å². The summed E-state index contributed by atoms with van der Waals surface area (Å²) in [7, 11) is 4.52. The summed E-state index contributed by atoms with van der Waals surface area (Å²) >= 11 is 0. The lowest BCUT2D eigenvalue weighted by atomic mass is 9.89. The molecule has 1 aromatic carbocycles. The highest BCUT2D eigenvalue weighted by atomic mass is 16.7. The van der Waals surface area contributed by atoms with E-state index in [0.29, 0.717) is 12.5 Å². The molecule has 3 atom stereocenters. The Morgan fingerprint density at radius 1 is 1.33 bits per heavy atom. The highest BCUT2D eigenvalue weighted by Gasteiger charge is 2.26. The van der Waals surface area contributed by atoms with Crippen molar-refractivity contribution >= 4 is 5.97 Å². The predicted octanol–water partition coefficient (Wildman–Crippen LogP) is 2.41. The molecular formula is C16H22O5. The van der Waals surface area contributed by atoms with E-state index >= 15 is 0 Å². The summed E-state index contributed by atoms with van der Waals surface area (Å²) in [6, 6.07) is 7.89. The van der Waals surface area contributed by atoms with Gasteiger partial charge in [0.15, 0.2) is 12.4 Å². The summed E-state index contributed by atoms with van der Waals surface area (Å²) in [5.74, 6) is -0.0322. The van der Waals surface area contributed by atoms with Crippen molar-refractivity contribution in [3.05, 3.63) is 35.4 Å². The Balaban J connectivity index is 2.18. The van der Waals surface area contributed by atoms with Gasteiger partial charge in [-0.25, -0.2) is 4.79 Å². The van der Waals surface area contributed by atoms with Gasteiger partial charge in [0.25, 0.3) is 0 Å². The van der Waals surface area contributed by atoms with Crippen molar-refractivity contribution in [3.63, 3.8) is 0 Å². The van der Waals surface area contributed by atoms with Crippen molar-refractivity contribution in [2.24, 2.45) is 0 Å². The molecule has 116 valence electrons. The van der Waals surface area contributed by atoms with Crippen LogP contribution < -0.4 is 0 Å². The van der Waals surface area contributed by atoms with Gasteiger partial charge in [0.05, 0.1) is 13.7 Å². The summed E-state index contributed by atoms with van der Waals surface area (Å²) < 4.78 is 20.8. The normalized spacial score (nSPS) is 23.6. The Labute approximate surface area is 125 Å². The predicted molar refractivity (Wildman–Crippen MR) is 76.9 cm³/mol. The van der Waals surface area contributed by atoms with Crippen molar-refractivity contribution < 1.29 is 23.7 Å². The molecule has 1 heterocycles. The summed E-state index contributed by atoms with van der Waals surface area (Å²) in [5.41, 5.74) is 1.98. The Hall–Kier alpha value is -1.43. The van der Waals surface area contributed by atoms with Crippen LogP contribution in [0.15, 0.2) is 24.3 Å². The molecule has 0 bridgehead atoms. The number of rotatable bonds is 5. The van der Waals surface area contributed by atoms with Gasteiger partial charge in [0.1, 0.15) is 0 Å². The van der Waals surface area contributed by atoms with Crippen LogP contribution in [0.3, 0.4) is 0 Å². The summed E-state index contributed by atoms with van der Waals surface area (Å²) in [4.78, 5) is 11.7. The van der Waals surface area contributed by atoms with Crippen LogP contribution in [0.2, 0.25) is 0 Å². The minimum atomic E-state index is -0.687. The van der Waals surface area contributed by atoms with E-state index < -0.39 is 12.1 Å². The molecule has 0 aliphatic carbocycles. The van der Waals surface area contributed by atoms with Crippen molar-refractivity contribution in [2.45, 2.75) is 31.2 Å². The van der Waals surface area contributed by atoms with E-state index in [1.165, 1.54) is 19.8 Å². The molecule has 5 nitrogen and oxygen atoms in total. The van der Waals surface area contributed by atoms with Gasteiger partial charge < -0.3 is 18.9 Å². The molecule has 0 radical (unpaired) electrons. The van der Waals surface area contributed by atoms with E-state index in [-0.39, 0.29) is 6.29 Å². The highest BCUT2D eigenvalue weighted by Crippen LogP contribution is 2.32. The van der Waals surface area contributed by atoms with E-state index in [2.05, 4.69) is 6.07 Å². The number of methoxy groups -OCH3 is 3. The standard InChI is InChI=1S/C16H22O5/c1-18-14-10-12(7-8-21-14)11-5-4-6-13(9-11)15(19-2)16(17)20-3/h4-6,9,12,14-15H,7-8,10H2,1-3H3. The van der Waals surface area contributed by atoms with Crippen LogP contribution in [0.1, 0.15) is 36.0 Å². The third kappa shape index (κ3) is 3.81. The third-order valence-electron chi connectivity index (χ3n) is 3.85. The quantitative estimate of drug-likeness (QED) is 0.781. The molecule has 1 aromatic rings. The van der Waals surface area contributed by atoms with Gasteiger partial charge in [0, 0.05) is 20.6 Å². The molecule has 3 unspecified atom stereocenters. The molecule has 21 heavy (non-hydrogen) atoms. The smallest absolute Gasteiger partial charge is 0.339 e. The van der Waals surface area contributed by atoms with Crippen LogP contribution >= 0.6 is 0 Å². The first-order valence-corrected chi connectivity index (χ1v) is 7.04. The molecule has 5 heteroatoms. The van der Waals surface area contributed by atoms with Crippen LogP contribution in [-0.2, 0) is 23.7 Å². The van der Waals surface area contributed by atoms with Crippen LogP contribution in [-0.4, -0.2) is 40.2 Å². The topological polar surface area (TPSA) is 54.0 Å². The van der Waals surface area contributed by atoms with E-state index in [9.17, 15) is 4.79 Å². The van der Waals surface area contributed by atoms with Crippen LogP contribution in [0.25, 0.3) is 0 Å². The Morgan fingerprint density at radius 2 is 2.14 bits per heavy atom. The number of ether oxygens (including phenoxy) is 4. The SMILES string of the molecule is COC(=O)C(OC)c1cccc(C2CCOC(OC)C2)c1. The maximum atomic E-state index is 11.7. The number of benzene rings is 1. The van der Waals surface area contributed by atoms with E-state index in [4.69, 9.17) is 18.9 Å². The van der Waals surface area contributed by atoms with Crippen molar-refractivity contribution in [1.29, 1.82) is 0 Å². The molecule has 0 aromatic heterocycles. The molecule has 1 fully saturated rings. The molecule has 0 amide bonds. The van der Waals surface area contributed by atoms with Crippen LogP contribution in [0.4, 0.5) is 0 Å². The molecule has 0 N–H and O–H groups in total. The summed E-state index contributed by atoms with van der Waals surface area (Å²) in [5, 5.41) is 0. The van der Waals surface area contributed by atoms with Gasteiger partial charge in [-0.15, -0.1) is 0 Å². The molecule has 1 saturated heterocycles.